The van der Waals surface area contributed by atoms with Gasteiger partial charge < -0.3 is 15.4 Å². The Bertz CT molecular complexity index is 441. The minimum atomic E-state index is 0.0488. The molecule has 98 valence electrons. The summed E-state index contributed by atoms with van der Waals surface area (Å²) in [6, 6.07) is 5.67. The fourth-order valence-electron chi connectivity index (χ4n) is 2.03. The molecule has 1 aromatic rings. The number of anilines is 1. The summed E-state index contributed by atoms with van der Waals surface area (Å²) in [5.74, 6) is 1.41. The van der Waals surface area contributed by atoms with Gasteiger partial charge in [-0.25, -0.2) is 0 Å². The van der Waals surface area contributed by atoms with Crippen LogP contribution in [0.5, 0.6) is 5.75 Å². The molecule has 1 aliphatic rings. The van der Waals surface area contributed by atoms with E-state index in [-0.39, 0.29) is 11.8 Å². The van der Waals surface area contributed by atoms with E-state index >= 15 is 0 Å². The molecular formula is C14H20N2O2. The fraction of sp³-hybridized carbons (Fsp3) is 0.500. The molecule has 1 fully saturated rings. The van der Waals surface area contributed by atoms with E-state index in [4.69, 9.17) is 4.74 Å². The van der Waals surface area contributed by atoms with E-state index in [0.717, 1.165) is 30.1 Å². The Hall–Kier alpha value is -1.55. The first kappa shape index (κ1) is 12.9. The number of hydrogen-bond donors (Lipinski definition) is 2. The van der Waals surface area contributed by atoms with Crippen LogP contribution < -0.4 is 15.4 Å². The third-order valence-electron chi connectivity index (χ3n) is 3.63. The molecule has 4 nitrogen and oxygen atoms in total. The molecule has 1 aromatic carbocycles. The minimum absolute atomic E-state index is 0.0488. The molecule has 0 aromatic heterocycles. The molecule has 0 aliphatic carbocycles. The van der Waals surface area contributed by atoms with E-state index < -0.39 is 0 Å². The van der Waals surface area contributed by atoms with Crippen molar-refractivity contribution in [2.24, 2.45) is 11.8 Å². The quantitative estimate of drug-likeness (QED) is 0.854. The second kappa shape index (κ2) is 5.40. The number of aryl methyl sites for hydroxylation is 1. The summed E-state index contributed by atoms with van der Waals surface area (Å²) < 4.78 is 5.15. The molecule has 0 spiro atoms. The Labute approximate surface area is 108 Å². The lowest BCUT2D eigenvalue weighted by atomic mass is 9.88. The molecule has 1 heterocycles. The Balaban J connectivity index is 2.02. The monoisotopic (exact) mass is 248 g/mol. The third-order valence-corrected chi connectivity index (χ3v) is 3.63. The maximum atomic E-state index is 12.1. The lowest BCUT2D eigenvalue weighted by Gasteiger charge is -2.31. The highest BCUT2D eigenvalue weighted by atomic mass is 16.5. The number of nitrogens with one attached hydrogen (secondary N) is 2. The van der Waals surface area contributed by atoms with Crippen molar-refractivity contribution in [2.45, 2.75) is 13.8 Å². The maximum absolute atomic E-state index is 12.1. The average Bonchev–Trinajstić information content (AvgIpc) is 2.29. The van der Waals surface area contributed by atoms with Crippen molar-refractivity contribution in [3.63, 3.8) is 0 Å². The molecule has 4 heteroatoms. The van der Waals surface area contributed by atoms with Crippen molar-refractivity contribution in [2.75, 3.05) is 25.5 Å². The fourth-order valence-corrected chi connectivity index (χ4v) is 2.03. The first-order valence-electron chi connectivity index (χ1n) is 6.28. The molecule has 0 radical (unpaired) electrons. The zero-order valence-electron chi connectivity index (χ0n) is 11.1. The van der Waals surface area contributed by atoms with Gasteiger partial charge in [0.15, 0.2) is 0 Å². The first-order valence-corrected chi connectivity index (χ1v) is 6.28. The molecule has 1 amide bonds. The molecule has 1 aliphatic heterocycles. The van der Waals surface area contributed by atoms with Crippen molar-refractivity contribution >= 4 is 11.6 Å². The number of carbonyl (C=O) groups is 1. The van der Waals surface area contributed by atoms with Gasteiger partial charge in [-0.05, 0) is 49.7 Å². The van der Waals surface area contributed by atoms with E-state index in [9.17, 15) is 4.79 Å². The van der Waals surface area contributed by atoms with Crippen LogP contribution in [0.15, 0.2) is 18.2 Å². The van der Waals surface area contributed by atoms with Gasteiger partial charge >= 0.3 is 0 Å². The van der Waals surface area contributed by atoms with Gasteiger partial charge in [-0.2, -0.15) is 0 Å². The SMILES string of the molecule is COc1ccc(NC(=O)C(C)C2CNC2)c(C)c1. The molecule has 0 bridgehead atoms. The van der Waals surface area contributed by atoms with E-state index in [1.807, 2.05) is 32.0 Å². The molecule has 2 N–H and O–H groups in total. The zero-order valence-corrected chi connectivity index (χ0v) is 11.1. The van der Waals surface area contributed by atoms with Gasteiger partial charge in [0, 0.05) is 11.6 Å². The zero-order chi connectivity index (χ0) is 13.1. The number of methoxy groups -OCH3 is 1. The van der Waals surface area contributed by atoms with Crippen molar-refractivity contribution in [3.8, 4) is 5.75 Å². The van der Waals surface area contributed by atoms with Crippen LogP contribution in [0.3, 0.4) is 0 Å². The summed E-state index contributed by atoms with van der Waals surface area (Å²) in [5, 5.41) is 6.18. The number of ether oxygens (including phenoxy) is 1. The predicted molar refractivity (Wildman–Crippen MR) is 71.9 cm³/mol. The normalized spacial score (nSPS) is 16.8. The third kappa shape index (κ3) is 2.64. The summed E-state index contributed by atoms with van der Waals surface area (Å²) in [4.78, 5) is 12.1. The van der Waals surface area contributed by atoms with E-state index in [1.54, 1.807) is 7.11 Å². The van der Waals surface area contributed by atoms with Crippen LogP contribution in [0.25, 0.3) is 0 Å². The van der Waals surface area contributed by atoms with Gasteiger partial charge in [0.1, 0.15) is 5.75 Å². The molecule has 2 rings (SSSR count). The van der Waals surface area contributed by atoms with Crippen molar-refractivity contribution in [3.05, 3.63) is 23.8 Å². The molecule has 1 unspecified atom stereocenters. The highest BCUT2D eigenvalue weighted by molar-refractivity contribution is 5.93. The number of amides is 1. The standard InChI is InChI=1S/C14H20N2O2/c1-9-6-12(18-3)4-5-13(9)16-14(17)10(2)11-7-15-8-11/h4-6,10-11,15H,7-8H2,1-3H3,(H,16,17). The molecule has 1 atom stereocenters. The number of rotatable bonds is 4. The highest BCUT2D eigenvalue weighted by Crippen LogP contribution is 2.23. The number of benzene rings is 1. The Morgan fingerprint density at radius 2 is 2.22 bits per heavy atom. The first-order chi connectivity index (χ1) is 8.61. The van der Waals surface area contributed by atoms with Crippen LogP contribution in [-0.4, -0.2) is 26.1 Å². The van der Waals surface area contributed by atoms with Crippen LogP contribution in [0.2, 0.25) is 0 Å². The van der Waals surface area contributed by atoms with Crippen molar-refractivity contribution in [1.29, 1.82) is 0 Å². The van der Waals surface area contributed by atoms with E-state index in [1.165, 1.54) is 0 Å². The van der Waals surface area contributed by atoms with Crippen LogP contribution >= 0.6 is 0 Å². The second-order valence-corrected chi connectivity index (χ2v) is 4.88. The summed E-state index contributed by atoms with van der Waals surface area (Å²) in [6.45, 7) is 5.83. The minimum Gasteiger partial charge on any atom is -0.497 e. The summed E-state index contributed by atoms with van der Waals surface area (Å²) in [5.41, 5.74) is 1.88. The molecule has 0 saturated carbocycles. The van der Waals surface area contributed by atoms with E-state index in [0.29, 0.717) is 5.92 Å². The van der Waals surface area contributed by atoms with E-state index in [2.05, 4.69) is 10.6 Å². The van der Waals surface area contributed by atoms with Gasteiger partial charge in [-0.1, -0.05) is 6.92 Å². The Morgan fingerprint density at radius 1 is 1.50 bits per heavy atom. The topological polar surface area (TPSA) is 50.4 Å². The predicted octanol–water partition coefficient (Wildman–Crippen LogP) is 1.80. The second-order valence-electron chi connectivity index (χ2n) is 4.88. The lowest BCUT2D eigenvalue weighted by Crippen LogP contribution is -2.48. The molecular weight excluding hydrogens is 228 g/mol. The molecule has 18 heavy (non-hydrogen) atoms. The number of hydrogen-bond acceptors (Lipinski definition) is 3. The Morgan fingerprint density at radius 3 is 2.72 bits per heavy atom. The summed E-state index contributed by atoms with van der Waals surface area (Å²) in [7, 11) is 1.64. The van der Waals surface area contributed by atoms with Crippen molar-refractivity contribution < 1.29 is 9.53 Å². The van der Waals surface area contributed by atoms with Crippen molar-refractivity contribution in [1.82, 2.24) is 5.32 Å². The van der Waals surface area contributed by atoms with Crippen LogP contribution in [0.1, 0.15) is 12.5 Å². The van der Waals surface area contributed by atoms with Gasteiger partial charge in [0.05, 0.1) is 7.11 Å². The highest BCUT2D eigenvalue weighted by Gasteiger charge is 2.28. The van der Waals surface area contributed by atoms with Crippen LogP contribution in [0, 0.1) is 18.8 Å². The summed E-state index contributed by atoms with van der Waals surface area (Å²) >= 11 is 0. The van der Waals surface area contributed by atoms with Gasteiger partial charge in [0.2, 0.25) is 5.91 Å². The van der Waals surface area contributed by atoms with Gasteiger partial charge in [-0.3, -0.25) is 4.79 Å². The Kier molecular flexibility index (Phi) is 3.87. The van der Waals surface area contributed by atoms with Gasteiger partial charge in [0.25, 0.3) is 0 Å². The molecule has 1 saturated heterocycles. The smallest absolute Gasteiger partial charge is 0.227 e. The van der Waals surface area contributed by atoms with Crippen LogP contribution in [0.4, 0.5) is 5.69 Å². The average molecular weight is 248 g/mol. The van der Waals surface area contributed by atoms with Gasteiger partial charge in [-0.15, -0.1) is 0 Å². The lowest BCUT2D eigenvalue weighted by molar-refractivity contribution is -0.121. The maximum Gasteiger partial charge on any atom is 0.227 e. The summed E-state index contributed by atoms with van der Waals surface area (Å²) in [6.07, 6.45) is 0. The largest absolute Gasteiger partial charge is 0.497 e. The number of carbonyl (C=O) groups excluding carboxylic acids is 1. The van der Waals surface area contributed by atoms with Crippen LogP contribution in [-0.2, 0) is 4.79 Å².